The third kappa shape index (κ3) is 5.21. The van der Waals surface area contributed by atoms with Crippen LogP contribution in [0.1, 0.15) is 32.8 Å². The molecule has 1 atom stereocenters. The van der Waals surface area contributed by atoms with Gasteiger partial charge >= 0.3 is 0 Å². The Morgan fingerprint density at radius 1 is 0.714 bits per heavy atom. The highest BCUT2D eigenvalue weighted by Crippen LogP contribution is 2.39. The summed E-state index contributed by atoms with van der Waals surface area (Å²) in [6.07, 6.45) is 10.3. The summed E-state index contributed by atoms with van der Waals surface area (Å²) >= 11 is 0. The van der Waals surface area contributed by atoms with Gasteiger partial charge in [0, 0.05) is 0 Å². The van der Waals surface area contributed by atoms with Crippen LogP contribution in [-0.4, -0.2) is 5.29 Å². The molecule has 1 aliphatic rings. The monoisotopic (exact) mass is 490 g/mol. The molecule has 0 radical (unpaired) electrons. The van der Waals surface area contributed by atoms with Crippen LogP contribution in [0, 0.1) is 0 Å². The molecule has 4 aromatic carbocycles. The lowest BCUT2D eigenvalue weighted by Crippen LogP contribution is -2.29. The molecule has 0 aromatic heterocycles. The molecule has 1 aliphatic carbocycles. The zero-order valence-corrected chi connectivity index (χ0v) is 22.5. The smallest absolute Gasteiger partial charge is 0.142 e. The summed E-state index contributed by atoms with van der Waals surface area (Å²) in [5.74, 6) is 0. The summed E-state index contributed by atoms with van der Waals surface area (Å²) in [6.45, 7) is 7.00. The van der Waals surface area contributed by atoms with E-state index in [2.05, 4.69) is 148 Å². The van der Waals surface area contributed by atoms with Gasteiger partial charge < -0.3 is 0 Å². The van der Waals surface area contributed by atoms with Crippen LogP contribution in [0.25, 0.3) is 0 Å². The second-order valence-corrected chi connectivity index (χ2v) is 14.3. The van der Waals surface area contributed by atoms with Gasteiger partial charge in [-0.3, -0.25) is 0 Å². The number of rotatable bonds is 5. The number of hydrogen-bond donors (Lipinski definition) is 0. The van der Waals surface area contributed by atoms with Crippen molar-refractivity contribution >= 4 is 47.3 Å². The van der Waals surface area contributed by atoms with Gasteiger partial charge in [-0.1, -0.05) is 123 Å². The number of hydrogen-bond acceptors (Lipinski definition) is 0. The van der Waals surface area contributed by atoms with E-state index in [0.29, 0.717) is 0 Å². The zero-order chi connectivity index (χ0) is 24.3. The lowest BCUT2D eigenvalue weighted by Gasteiger charge is -2.25. The van der Waals surface area contributed by atoms with E-state index in [9.17, 15) is 0 Å². The molecule has 174 valence electrons. The first kappa shape index (κ1) is 23.8. The fourth-order valence-corrected chi connectivity index (χ4v) is 9.87. The molecule has 0 aliphatic heterocycles. The fraction of sp³-hybridized carbons (Fsp3) is 0.152. The zero-order valence-electron chi connectivity index (χ0n) is 20.7. The van der Waals surface area contributed by atoms with Crippen LogP contribution in [0.15, 0.2) is 127 Å². The van der Waals surface area contributed by atoms with Crippen molar-refractivity contribution in [3.63, 3.8) is 0 Å². The second kappa shape index (κ2) is 10.4. The first-order valence-corrected chi connectivity index (χ1v) is 15.0. The Labute approximate surface area is 212 Å². The topological polar surface area (TPSA) is 0 Å². The molecule has 0 N–H and O–H groups in total. The van der Waals surface area contributed by atoms with Crippen LogP contribution in [0.4, 0.5) is 0 Å². The average molecular weight is 491 g/mol. The maximum Gasteiger partial charge on any atom is 0.142 e. The van der Waals surface area contributed by atoms with Crippen LogP contribution >= 0.6 is 15.5 Å². The Hall–Kier alpha value is -2.91. The minimum absolute atomic E-state index is 0.0853. The molecule has 35 heavy (non-hydrogen) atoms. The van der Waals surface area contributed by atoms with Crippen LogP contribution in [0.3, 0.4) is 0 Å². The van der Waals surface area contributed by atoms with E-state index in [1.165, 1.54) is 37.4 Å². The highest BCUT2D eigenvalue weighted by Gasteiger charge is 2.28. The highest BCUT2D eigenvalue weighted by molar-refractivity contribution is 7.83. The molecule has 0 heterocycles. The number of benzene rings is 3. The molecule has 0 amide bonds. The van der Waals surface area contributed by atoms with Crippen molar-refractivity contribution in [1.29, 1.82) is 0 Å². The predicted molar refractivity (Wildman–Crippen MR) is 160 cm³/mol. The molecule has 2 heteroatoms. The molecular weight excluding hydrogens is 458 g/mol. The van der Waals surface area contributed by atoms with Crippen molar-refractivity contribution in [3.8, 4) is 0 Å². The average Bonchev–Trinajstić information content (AvgIpc) is 3.32. The maximum atomic E-state index is 2.53. The van der Waals surface area contributed by atoms with E-state index in [0.717, 1.165) is 6.42 Å². The fourth-order valence-electron chi connectivity index (χ4n) is 4.52. The Kier molecular flexibility index (Phi) is 7.06. The van der Waals surface area contributed by atoms with Crippen LogP contribution in [0.2, 0.25) is 0 Å². The third-order valence-electron chi connectivity index (χ3n) is 6.35. The normalized spacial score (nSPS) is 13.9. The summed E-state index contributed by atoms with van der Waals surface area (Å²) in [7, 11) is -1.35. The second-order valence-electron chi connectivity index (χ2n) is 9.91. The van der Waals surface area contributed by atoms with Gasteiger partial charge in [-0.15, -0.1) is 6.07 Å². The van der Waals surface area contributed by atoms with Gasteiger partial charge in [0.05, 0.1) is 5.30 Å². The van der Waals surface area contributed by atoms with Gasteiger partial charge in [0.1, 0.15) is 18.1 Å². The molecule has 0 saturated carbocycles. The van der Waals surface area contributed by atoms with Gasteiger partial charge in [-0.2, -0.15) is 11.6 Å². The van der Waals surface area contributed by atoms with Crippen LogP contribution in [0.5, 0.6) is 0 Å². The lowest BCUT2D eigenvalue weighted by atomic mass is 9.89. The Balaban J connectivity index is 1.83. The van der Waals surface area contributed by atoms with Gasteiger partial charge in [0.25, 0.3) is 0 Å². The predicted octanol–water partition coefficient (Wildman–Crippen LogP) is 6.58. The van der Waals surface area contributed by atoms with Crippen molar-refractivity contribution in [2.75, 3.05) is 0 Å². The molecule has 0 bridgehead atoms. The summed E-state index contributed by atoms with van der Waals surface area (Å²) in [4.78, 5) is 0. The molecule has 0 saturated heterocycles. The maximum absolute atomic E-state index is 2.53. The molecule has 0 fully saturated rings. The van der Waals surface area contributed by atoms with Gasteiger partial charge in [0.15, 0.2) is 0 Å². The van der Waals surface area contributed by atoms with Crippen LogP contribution < -0.4 is 26.5 Å². The SMILES string of the molecule is CC(C)(C)c1cc(P(c2ccccc2)c2ccccc2)[c-]([P+](=C2C=CCC=C2)c2ccccc2)c1. The van der Waals surface area contributed by atoms with Crippen molar-refractivity contribution in [2.24, 2.45) is 0 Å². The van der Waals surface area contributed by atoms with E-state index >= 15 is 0 Å². The van der Waals surface area contributed by atoms with Crippen LogP contribution in [-0.2, 0) is 5.41 Å². The third-order valence-corrected chi connectivity index (χ3v) is 11.5. The first-order valence-electron chi connectivity index (χ1n) is 12.3. The standard InChI is InChI=1S/C33H32P2/c1-33(2,3)26-24-31(34(27-16-8-4-9-17-27)28-18-10-5-11-19-28)32(25-26)35(29-20-12-6-13-21-29)30-22-14-7-15-23-30/h4-6,8-25H,7H2,1-3H3. The molecular formula is C33H32P2. The Bertz CT molecular complexity index is 1310. The molecule has 4 aromatic rings. The summed E-state index contributed by atoms with van der Waals surface area (Å²) in [6, 6.07) is 38.4. The largest absolute Gasteiger partial charge is 0.198 e. The van der Waals surface area contributed by atoms with Crippen molar-refractivity contribution in [2.45, 2.75) is 32.6 Å². The molecule has 0 nitrogen and oxygen atoms in total. The Morgan fingerprint density at radius 3 is 1.74 bits per heavy atom. The van der Waals surface area contributed by atoms with E-state index < -0.39 is 15.5 Å². The van der Waals surface area contributed by atoms with Gasteiger partial charge in [-0.25, -0.2) is 0 Å². The van der Waals surface area contributed by atoms with E-state index in [-0.39, 0.29) is 5.41 Å². The number of allylic oxidation sites excluding steroid dienone is 4. The first-order chi connectivity index (χ1) is 17.0. The molecule has 1 unspecified atom stereocenters. The highest BCUT2D eigenvalue weighted by atomic mass is 31.1. The van der Waals surface area contributed by atoms with Gasteiger partial charge in [-0.05, 0) is 49.2 Å². The van der Waals surface area contributed by atoms with E-state index in [1.54, 1.807) is 0 Å². The minimum Gasteiger partial charge on any atom is -0.198 e. The molecule has 5 rings (SSSR count). The lowest BCUT2D eigenvalue weighted by molar-refractivity contribution is 0.592. The summed E-state index contributed by atoms with van der Waals surface area (Å²) < 4.78 is 0. The minimum atomic E-state index is -0.682. The van der Waals surface area contributed by atoms with Gasteiger partial charge in [0.2, 0.25) is 0 Å². The van der Waals surface area contributed by atoms with Crippen molar-refractivity contribution < 1.29 is 0 Å². The summed E-state index contributed by atoms with van der Waals surface area (Å²) in [5.41, 5.74) is 1.51. The van der Waals surface area contributed by atoms with E-state index in [4.69, 9.17) is 0 Å². The Morgan fingerprint density at radius 2 is 1.23 bits per heavy atom. The van der Waals surface area contributed by atoms with E-state index in [1.807, 2.05) is 0 Å². The van der Waals surface area contributed by atoms with Crippen molar-refractivity contribution in [1.82, 2.24) is 0 Å². The summed E-state index contributed by atoms with van der Waals surface area (Å²) in [5, 5.41) is 8.66. The molecule has 0 spiro atoms. The van der Waals surface area contributed by atoms with Crippen molar-refractivity contribution in [3.05, 3.63) is 133 Å². The quantitative estimate of drug-likeness (QED) is 0.219.